The van der Waals surface area contributed by atoms with E-state index in [1.54, 1.807) is 12.1 Å². The number of anilines is 1. The number of hydrogen-bond acceptors (Lipinski definition) is 4. The van der Waals surface area contributed by atoms with Crippen LogP contribution in [0.4, 0.5) is 5.69 Å². The fraction of sp³-hybridized carbons (Fsp3) is 0.533. The highest BCUT2D eigenvalue weighted by molar-refractivity contribution is 7.89. The summed E-state index contributed by atoms with van der Waals surface area (Å²) < 4.78 is 32.3. The number of ether oxygens (including phenoxy) is 1. The molecule has 1 unspecified atom stereocenters. The van der Waals surface area contributed by atoms with Crippen LogP contribution in [0.5, 0.6) is 0 Å². The third-order valence-electron chi connectivity index (χ3n) is 3.91. The first-order valence-electron chi connectivity index (χ1n) is 7.57. The van der Waals surface area contributed by atoms with E-state index in [2.05, 4.69) is 10.0 Å². The van der Waals surface area contributed by atoms with Crippen molar-refractivity contribution in [2.24, 2.45) is 5.92 Å². The SMILES string of the molecule is O=C(Nc1ccc(S(=O)(=O)NCC2CCCO2)cc1)C1CC1. The monoisotopic (exact) mass is 324 g/mol. The van der Waals surface area contributed by atoms with E-state index in [-0.39, 0.29) is 22.8 Å². The Morgan fingerprint density at radius 1 is 1.18 bits per heavy atom. The number of sulfonamides is 1. The molecule has 0 radical (unpaired) electrons. The Labute approximate surface area is 130 Å². The first-order chi connectivity index (χ1) is 10.5. The molecule has 2 N–H and O–H groups in total. The van der Waals surface area contributed by atoms with Crippen LogP contribution >= 0.6 is 0 Å². The molecule has 1 aliphatic carbocycles. The number of rotatable bonds is 6. The van der Waals surface area contributed by atoms with E-state index in [4.69, 9.17) is 4.74 Å². The van der Waals surface area contributed by atoms with Crippen LogP contribution in [0.1, 0.15) is 25.7 Å². The van der Waals surface area contributed by atoms with Crippen molar-refractivity contribution >= 4 is 21.6 Å². The van der Waals surface area contributed by atoms with Gasteiger partial charge in [-0.15, -0.1) is 0 Å². The van der Waals surface area contributed by atoms with Crippen LogP contribution in [0.3, 0.4) is 0 Å². The van der Waals surface area contributed by atoms with E-state index in [0.717, 1.165) is 25.7 Å². The standard InChI is InChI=1S/C15H20N2O4S/c18-15(11-3-4-11)17-12-5-7-14(8-6-12)22(19,20)16-10-13-2-1-9-21-13/h5-8,11,13,16H,1-4,9-10H2,(H,17,18). The van der Waals surface area contributed by atoms with Crippen LogP contribution < -0.4 is 10.0 Å². The van der Waals surface area contributed by atoms with Gasteiger partial charge in [-0.25, -0.2) is 13.1 Å². The van der Waals surface area contributed by atoms with Crippen molar-refractivity contribution in [2.75, 3.05) is 18.5 Å². The lowest BCUT2D eigenvalue weighted by atomic mass is 10.2. The second-order valence-corrected chi connectivity index (χ2v) is 7.54. The molecule has 0 aromatic heterocycles. The Hall–Kier alpha value is -1.44. The Morgan fingerprint density at radius 3 is 2.50 bits per heavy atom. The maximum absolute atomic E-state index is 12.2. The quantitative estimate of drug-likeness (QED) is 0.830. The minimum absolute atomic E-state index is 0.00659. The second-order valence-electron chi connectivity index (χ2n) is 5.77. The van der Waals surface area contributed by atoms with Gasteiger partial charge in [0.25, 0.3) is 0 Å². The Morgan fingerprint density at radius 2 is 1.91 bits per heavy atom. The number of nitrogens with one attached hydrogen (secondary N) is 2. The van der Waals surface area contributed by atoms with Crippen molar-refractivity contribution in [3.63, 3.8) is 0 Å². The summed E-state index contributed by atoms with van der Waals surface area (Å²) in [6.45, 7) is 0.990. The summed E-state index contributed by atoms with van der Waals surface area (Å²) in [6, 6.07) is 6.22. The van der Waals surface area contributed by atoms with E-state index >= 15 is 0 Å². The zero-order valence-electron chi connectivity index (χ0n) is 12.2. The van der Waals surface area contributed by atoms with E-state index in [0.29, 0.717) is 18.8 Å². The van der Waals surface area contributed by atoms with E-state index in [1.807, 2.05) is 0 Å². The van der Waals surface area contributed by atoms with Crippen molar-refractivity contribution in [1.82, 2.24) is 4.72 Å². The van der Waals surface area contributed by atoms with Gasteiger partial charge in [0.2, 0.25) is 15.9 Å². The lowest BCUT2D eigenvalue weighted by Crippen LogP contribution is -2.31. The van der Waals surface area contributed by atoms with Crippen molar-refractivity contribution in [3.05, 3.63) is 24.3 Å². The number of hydrogen-bond donors (Lipinski definition) is 2. The van der Waals surface area contributed by atoms with Crippen molar-refractivity contribution < 1.29 is 17.9 Å². The van der Waals surface area contributed by atoms with E-state index in [1.165, 1.54) is 12.1 Å². The molecule has 1 aromatic carbocycles. The van der Waals surface area contributed by atoms with E-state index < -0.39 is 10.0 Å². The molecule has 1 aromatic rings. The summed E-state index contributed by atoms with van der Waals surface area (Å²) in [5.41, 5.74) is 0.620. The summed E-state index contributed by atoms with van der Waals surface area (Å²) in [6.07, 6.45) is 3.69. The van der Waals surface area contributed by atoms with Gasteiger partial charge in [-0.2, -0.15) is 0 Å². The van der Waals surface area contributed by atoms with Crippen LogP contribution in [0.25, 0.3) is 0 Å². The lowest BCUT2D eigenvalue weighted by molar-refractivity contribution is -0.117. The molecule has 22 heavy (non-hydrogen) atoms. The molecule has 0 spiro atoms. The Balaban J connectivity index is 1.59. The molecule has 7 heteroatoms. The maximum atomic E-state index is 12.2. The van der Waals surface area contributed by atoms with Gasteiger partial charge in [0.05, 0.1) is 11.0 Å². The largest absolute Gasteiger partial charge is 0.377 e. The highest BCUT2D eigenvalue weighted by Crippen LogP contribution is 2.30. The molecule has 0 bridgehead atoms. The first kappa shape index (κ1) is 15.5. The van der Waals surface area contributed by atoms with Crippen LogP contribution in [-0.2, 0) is 19.6 Å². The minimum Gasteiger partial charge on any atom is -0.377 e. The molecule has 2 fully saturated rings. The Kier molecular flexibility index (Phi) is 4.46. The van der Waals surface area contributed by atoms with Crippen LogP contribution in [0.2, 0.25) is 0 Å². The van der Waals surface area contributed by atoms with Gasteiger partial charge in [0, 0.05) is 24.8 Å². The molecule has 1 atom stereocenters. The third kappa shape index (κ3) is 3.85. The summed E-state index contributed by atoms with van der Waals surface area (Å²) in [5, 5.41) is 2.79. The fourth-order valence-corrected chi connectivity index (χ4v) is 3.46. The van der Waals surface area contributed by atoms with Crippen LogP contribution in [0.15, 0.2) is 29.2 Å². The number of carbonyl (C=O) groups excluding carboxylic acids is 1. The molecule has 3 rings (SSSR count). The van der Waals surface area contributed by atoms with E-state index in [9.17, 15) is 13.2 Å². The van der Waals surface area contributed by atoms with Crippen LogP contribution in [0, 0.1) is 5.92 Å². The minimum atomic E-state index is -3.54. The maximum Gasteiger partial charge on any atom is 0.240 e. The Bertz CT molecular complexity index is 632. The second kappa shape index (κ2) is 6.36. The number of amides is 1. The molecule has 2 aliphatic rings. The number of benzene rings is 1. The molecular weight excluding hydrogens is 304 g/mol. The zero-order chi connectivity index (χ0) is 15.6. The normalized spacial score (nSPS) is 21.7. The number of carbonyl (C=O) groups is 1. The van der Waals surface area contributed by atoms with Gasteiger partial charge in [-0.1, -0.05) is 0 Å². The van der Waals surface area contributed by atoms with Gasteiger partial charge in [-0.05, 0) is 49.9 Å². The predicted molar refractivity (Wildman–Crippen MR) is 82.0 cm³/mol. The van der Waals surface area contributed by atoms with Gasteiger partial charge in [-0.3, -0.25) is 4.79 Å². The summed E-state index contributed by atoms with van der Waals surface area (Å²) in [7, 11) is -3.54. The molecule has 1 heterocycles. The predicted octanol–water partition coefficient (Wildman–Crippen LogP) is 1.49. The molecule has 1 saturated carbocycles. The molecule has 120 valence electrons. The smallest absolute Gasteiger partial charge is 0.240 e. The van der Waals surface area contributed by atoms with Crippen molar-refractivity contribution in [1.29, 1.82) is 0 Å². The van der Waals surface area contributed by atoms with Gasteiger partial charge in [0.15, 0.2) is 0 Å². The summed E-state index contributed by atoms with van der Waals surface area (Å²) in [5.74, 6) is 0.128. The first-order valence-corrected chi connectivity index (χ1v) is 9.05. The van der Waals surface area contributed by atoms with Crippen molar-refractivity contribution in [3.8, 4) is 0 Å². The van der Waals surface area contributed by atoms with Gasteiger partial charge < -0.3 is 10.1 Å². The summed E-state index contributed by atoms with van der Waals surface area (Å²) in [4.78, 5) is 11.8. The molecule has 1 aliphatic heterocycles. The fourth-order valence-electron chi connectivity index (χ4n) is 2.40. The average Bonchev–Trinajstić information content (AvgIpc) is 3.23. The van der Waals surface area contributed by atoms with Gasteiger partial charge in [0.1, 0.15) is 0 Å². The van der Waals surface area contributed by atoms with Gasteiger partial charge >= 0.3 is 0 Å². The zero-order valence-corrected chi connectivity index (χ0v) is 13.1. The molecule has 6 nitrogen and oxygen atoms in total. The highest BCUT2D eigenvalue weighted by Gasteiger charge is 2.29. The third-order valence-corrected chi connectivity index (χ3v) is 5.34. The highest BCUT2D eigenvalue weighted by atomic mass is 32.2. The lowest BCUT2D eigenvalue weighted by Gasteiger charge is -2.12. The molecule has 1 amide bonds. The summed E-state index contributed by atoms with van der Waals surface area (Å²) >= 11 is 0. The topological polar surface area (TPSA) is 84.5 Å². The van der Waals surface area contributed by atoms with Crippen LogP contribution in [-0.4, -0.2) is 33.6 Å². The average molecular weight is 324 g/mol. The molecular formula is C15H20N2O4S. The molecule has 1 saturated heterocycles. The van der Waals surface area contributed by atoms with Crippen molar-refractivity contribution in [2.45, 2.75) is 36.7 Å².